The summed E-state index contributed by atoms with van der Waals surface area (Å²) >= 11 is 0. The van der Waals surface area contributed by atoms with E-state index in [2.05, 4.69) is 45.3 Å². The van der Waals surface area contributed by atoms with E-state index in [0.717, 1.165) is 68.6 Å². The molecule has 10 nitrogen and oxygen atoms in total. The molecule has 0 amide bonds. The molecular formula is C31H42N8O2. The molecule has 3 aromatic heterocycles. The van der Waals surface area contributed by atoms with Gasteiger partial charge in [-0.15, -0.1) is 0 Å². The van der Waals surface area contributed by atoms with E-state index >= 15 is 0 Å². The summed E-state index contributed by atoms with van der Waals surface area (Å²) in [5, 5.41) is 19.0. The molecule has 0 aliphatic carbocycles. The summed E-state index contributed by atoms with van der Waals surface area (Å²) in [5.41, 5.74) is 11.1. The van der Waals surface area contributed by atoms with Crippen molar-refractivity contribution in [3.8, 4) is 0 Å². The minimum atomic E-state index is 0.0884. The van der Waals surface area contributed by atoms with Crippen molar-refractivity contribution in [2.75, 3.05) is 44.0 Å². The molecule has 6 rings (SSSR count). The van der Waals surface area contributed by atoms with Gasteiger partial charge in [-0.1, -0.05) is 31.5 Å². The second kappa shape index (κ2) is 12.7. The summed E-state index contributed by atoms with van der Waals surface area (Å²) in [4.78, 5) is 16.5. The van der Waals surface area contributed by atoms with Crippen LogP contribution >= 0.6 is 0 Å². The van der Waals surface area contributed by atoms with Crippen molar-refractivity contribution < 1.29 is 9.84 Å². The van der Waals surface area contributed by atoms with Crippen LogP contribution in [0.25, 0.3) is 21.9 Å². The molecule has 4 aromatic rings. The average molecular weight is 559 g/mol. The van der Waals surface area contributed by atoms with Crippen LogP contribution in [0.1, 0.15) is 68.9 Å². The van der Waals surface area contributed by atoms with E-state index < -0.39 is 0 Å². The van der Waals surface area contributed by atoms with E-state index in [1.165, 1.54) is 23.8 Å². The summed E-state index contributed by atoms with van der Waals surface area (Å²) in [6.45, 7) is 6.87. The lowest BCUT2D eigenvalue weighted by Gasteiger charge is -2.39. The SMILES string of the molecule is CCC[C@@H](CCO)Nc1nc(N)nc2cnn(Cc3ccc(C4CCN(C5CCOCC5)CC4)c4cccnc34)c12. The predicted octanol–water partition coefficient (Wildman–Crippen LogP) is 4.33. The number of rotatable bonds is 10. The third kappa shape index (κ3) is 6.00. The highest BCUT2D eigenvalue weighted by molar-refractivity contribution is 5.88. The largest absolute Gasteiger partial charge is 0.396 e. The number of hydrogen-bond donors (Lipinski definition) is 3. The molecule has 2 aliphatic rings. The lowest BCUT2D eigenvalue weighted by atomic mass is 9.85. The van der Waals surface area contributed by atoms with Gasteiger partial charge in [0.2, 0.25) is 5.95 Å². The van der Waals surface area contributed by atoms with Gasteiger partial charge >= 0.3 is 0 Å². The summed E-state index contributed by atoms with van der Waals surface area (Å²) in [6.07, 6.45) is 10.8. The summed E-state index contributed by atoms with van der Waals surface area (Å²) in [5.74, 6) is 1.40. The fraction of sp³-hybridized carbons (Fsp3) is 0.548. The minimum absolute atomic E-state index is 0.0884. The molecule has 218 valence electrons. The molecule has 5 heterocycles. The van der Waals surface area contributed by atoms with Crippen LogP contribution in [0.5, 0.6) is 0 Å². The number of aromatic nitrogens is 5. The Hall–Kier alpha value is -3.34. The van der Waals surface area contributed by atoms with E-state index in [4.69, 9.17) is 20.6 Å². The average Bonchev–Trinajstić information content (AvgIpc) is 3.40. The zero-order valence-electron chi connectivity index (χ0n) is 24.0. The molecular weight excluding hydrogens is 516 g/mol. The molecule has 41 heavy (non-hydrogen) atoms. The third-order valence-corrected chi connectivity index (χ3v) is 8.85. The Morgan fingerprint density at radius 2 is 1.93 bits per heavy atom. The van der Waals surface area contributed by atoms with Crippen LogP contribution in [0.15, 0.2) is 36.7 Å². The number of ether oxygens (including phenoxy) is 1. The monoisotopic (exact) mass is 558 g/mol. The lowest BCUT2D eigenvalue weighted by molar-refractivity contribution is 0.0252. The van der Waals surface area contributed by atoms with Gasteiger partial charge in [0, 0.05) is 43.5 Å². The van der Waals surface area contributed by atoms with E-state index in [-0.39, 0.29) is 18.6 Å². The van der Waals surface area contributed by atoms with Crippen molar-refractivity contribution in [3.63, 3.8) is 0 Å². The standard InChI is InChI=1S/C31H42N8O2/c1-2-4-23(10-16-40)35-30-29-27(36-31(32)37-30)19-34-39(29)20-22-6-7-25(26-5-3-13-33-28(22)26)21-8-14-38(15-9-21)24-11-17-41-18-12-24/h3,5-7,13,19,21,23-24,40H,2,4,8-12,14-18,20H2,1H3,(H3,32,35,36,37)/t23-/m0/s1. The zero-order chi connectivity index (χ0) is 28.2. The number of aliphatic hydroxyl groups excluding tert-OH is 1. The number of likely N-dealkylation sites (tertiary alicyclic amines) is 1. The van der Waals surface area contributed by atoms with Gasteiger partial charge in [0.05, 0.1) is 18.3 Å². The van der Waals surface area contributed by atoms with Crippen LogP contribution in [0.2, 0.25) is 0 Å². The molecule has 0 bridgehead atoms. The molecule has 2 saturated heterocycles. The molecule has 1 aromatic carbocycles. The first-order valence-corrected chi connectivity index (χ1v) is 15.2. The Labute approximate surface area is 241 Å². The van der Waals surface area contributed by atoms with Gasteiger partial charge in [0.15, 0.2) is 5.82 Å². The maximum Gasteiger partial charge on any atom is 0.222 e. The lowest BCUT2D eigenvalue weighted by Crippen LogP contribution is -2.43. The number of benzene rings is 1. The molecule has 2 aliphatic heterocycles. The van der Waals surface area contributed by atoms with Gasteiger partial charge in [-0.3, -0.25) is 9.67 Å². The fourth-order valence-corrected chi connectivity index (χ4v) is 6.75. The summed E-state index contributed by atoms with van der Waals surface area (Å²) in [6, 6.07) is 9.56. The van der Waals surface area contributed by atoms with E-state index in [0.29, 0.717) is 36.3 Å². The smallest absolute Gasteiger partial charge is 0.222 e. The number of fused-ring (bicyclic) bond motifs is 2. The number of hydrogen-bond acceptors (Lipinski definition) is 9. The van der Waals surface area contributed by atoms with Gasteiger partial charge < -0.3 is 25.8 Å². The Balaban J connectivity index is 1.27. The maximum atomic E-state index is 9.58. The highest BCUT2D eigenvalue weighted by Crippen LogP contribution is 2.35. The van der Waals surface area contributed by atoms with Gasteiger partial charge in [0.1, 0.15) is 11.0 Å². The van der Waals surface area contributed by atoms with Crippen LogP contribution in [0, 0.1) is 0 Å². The molecule has 10 heteroatoms. The van der Waals surface area contributed by atoms with Crippen molar-refractivity contribution in [1.29, 1.82) is 0 Å². The molecule has 0 spiro atoms. The highest BCUT2D eigenvalue weighted by atomic mass is 16.5. The predicted molar refractivity (Wildman–Crippen MR) is 162 cm³/mol. The van der Waals surface area contributed by atoms with Crippen LogP contribution in [-0.2, 0) is 11.3 Å². The van der Waals surface area contributed by atoms with Crippen molar-refractivity contribution in [1.82, 2.24) is 29.6 Å². The summed E-state index contributed by atoms with van der Waals surface area (Å²) < 4.78 is 7.52. The number of nitrogens with one attached hydrogen (secondary N) is 1. The van der Waals surface area contributed by atoms with E-state index in [1.54, 1.807) is 6.20 Å². The molecule has 4 N–H and O–H groups in total. The molecule has 0 saturated carbocycles. The number of nitrogen functional groups attached to an aromatic ring is 1. The van der Waals surface area contributed by atoms with Crippen LogP contribution in [0.4, 0.5) is 11.8 Å². The number of piperidine rings is 1. The number of anilines is 2. The highest BCUT2D eigenvalue weighted by Gasteiger charge is 2.28. The second-order valence-corrected chi connectivity index (χ2v) is 11.5. The minimum Gasteiger partial charge on any atom is -0.396 e. The Kier molecular flexibility index (Phi) is 8.59. The maximum absolute atomic E-state index is 9.58. The normalized spacial score (nSPS) is 18.3. The van der Waals surface area contributed by atoms with Gasteiger partial charge in [-0.05, 0) is 74.7 Å². The van der Waals surface area contributed by atoms with Crippen LogP contribution in [-0.4, -0.2) is 79.7 Å². The second-order valence-electron chi connectivity index (χ2n) is 11.5. The van der Waals surface area contributed by atoms with E-state index in [1.807, 2.05) is 16.9 Å². The number of nitrogens with zero attached hydrogens (tertiary/aromatic N) is 6. The topological polar surface area (TPSA) is 127 Å². The van der Waals surface area contributed by atoms with E-state index in [9.17, 15) is 5.11 Å². The van der Waals surface area contributed by atoms with Gasteiger partial charge in [0.25, 0.3) is 0 Å². The fourth-order valence-electron chi connectivity index (χ4n) is 6.75. The zero-order valence-corrected chi connectivity index (χ0v) is 24.0. The van der Waals surface area contributed by atoms with Gasteiger partial charge in [-0.25, -0.2) is 4.98 Å². The Morgan fingerprint density at radius 1 is 1.10 bits per heavy atom. The first-order chi connectivity index (χ1) is 20.1. The molecule has 1 atom stereocenters. The number of aliphatic hydroxyl groups is 1. The quantitative estimate of drug-likeness (QED) is 0.261. The van der Waals surface area contributed by atoms with Crippen LogP contribution in [0.3, 0.4) is 0 Å². The molecule has 0 unspecified atom stereocenters. The first-order valence-electron chi connectivity index (χ1n) is 15.2. The van der Waals surface area contributed by atoms with Crippen molar-refractivity contribution in [2.24, 2.45) is 0 Å². The van der Waals surface area contributed by atoms with Gasteiger partial charge in [-0.2, -0.15) is 10.1 Å². The molecule has 0 radical (unpaired) electrons. The number of pyridine rings is 1. The third-order valence-electron chi connectivity index (χ3n) is 8.85. The van der Waals surface area contributed by atoms with Crippen molar-refractivity contribution >= 4 is 33.7 Å². The Bertz CT molecular complexity index is 1450. The van der Waals surface area contributed by atoms with Crippen molar-refractivity contribution in [2.45, 2.75) is 76.4 Å². The molecule has 2 fully saturated rings. The Morgan fingerprint density at radius 3 is 2.71 bits per heavy atom. The number of nitrogens with two attached hydrogens (primary N) is 1. The van der Waals surface area contributed by atoms with Crippen molar-refractivity contribution in [3.05, 3.63) is 47.8 Å². The van der Waals surface area contributed by atoms with Crippen LogP contribution < -0.4 is 11.1 Å². The summed E-state index contributed by atoms with van der Waals surface area (Å²) in [7, 11) is 0. The first kappa shape index (κ1) is 27.8.